The number of aromatic nitrogens is 2. The van der Waals surface area contributed by atoms with Crippen LogP contribution < -0.4 is 50.8 Å². The zero-order valence-electron chi connectivity index (χ0n) is 60.6. The highest BCUT2D eigenvalue weighted by atomic mass is 16.5. The average Bonchev–Trinajstić information content (AvgIpc) is 0.672. The monoisotopic (exact) mass is 1470 g/mol. The summed E-state index contributed by atoms with van der Waals surface area (Å²) in [6, 6.07) is 40.1. The fourth-order valence-corrected chi connectivity index (χ4v) is 13.1. The second-order valence-electron chi connectivity index (χ2n) is 26.8. The number of carbonyl (C=O) groups is 10. The Morgan fingerprint density at radius 2 is 0.555 bits per heavy atom. The van der Waals surface area contributed by atoms with Crippen molar-refractivity contribution in [2.24, 2.45) is 0 Å². The summed E-state index contributed by atoms with van der Waals surface area (Å²) in [7, 11) is 0. The third-order valence-electron chi connectivity index (χ3n) is 18.6. The Kier molecular flexibility index (Phi) is 21.5. The number of amides is 10. The molecule has 0 saturated carbocycles. The lowest BCUT2D eigenvalue weighted by Crippen LogP contribution is -2.45. The Labute approximate surface area is 631 Å². The average molecular weight is 1470 g/mol. The van der Waals surface area contributed by atoms with Gasteiger partial charge in [-0.2, -0.15) is 0 Å². The first-order valence-corrected chi connectivity index (χ1v) is 35.3. The van der Waals surface area contributed by atoms with Gasteiger partial charge in [-0.25, -0.2) is 0 Å². The first-order valence-electron chi connectivity index (χ1n) is 35.3. The highest BCUT2D eigenvalue weighted by Crippen LogP contribution is 2.58. The molecule has 2 aliphatic heterocycles. The molecule has 11 aromatic rings. The molecular weight excluding hydrogens is 1400 g/mol. The summed E-state index contributed by atoms with van der Waals surface area (Å²) in [5.41, 5.74) is 4.90. The minimum absolute atomic E-state index is 0.0333. The van der Waals surface area contributed by atoms with Gasteiger partial charge in [0.1, 0.15) is 59.1 Å². The molecule has 0 atom stereocenters. The number of hydrogen-bond donors (Lipinski definition) is 6. The fraction of sp³-hybridized carbons (Fsp3) is 0.163. The summed E-state index contributed by atoms with van der Waals surface area (Å²) in [6.45, 7) is 21.0. The van der Waals surface area contributed by atoms with Crippen molar-refractivity contribution in [2.75, 3.05) is 49.9 Å². The largest absolute Gasteiger partial charge is 0.457 e. The number of benzene rings is 9. The van der Waals surface area contributed by atoms with Crippen LogP contribution in [0.1, 0.15) is 91.4 Å². The highest BCUT2D eigenvalue weighted by molar-refractivity contribution is 6.45. The minimum atomic E-state index is -0.891. The van der Waals surface area contributed by atoms with Crippen molar-refractivity contribution in [2.45, 2.75) is 53.4 Å². The van der Waals surface area contributed by atoms with Crippen LogP contribution in [0.4, 0.5) is 11.4 Å². The van der Waals surface area contributed by atoms with Gasteiger partial charge in [0, 0.05) is 128 Å². The second-order valence-corrected chi connectivity index (χ2v) is 26.8. The zero-order valence-corrected chi connectivity index (χ0v) is 60.6. The Morgan fingerprint density at radius 3 is 0.773 bits per heavy atom. The number of fused-ring (bicyclic) bond motifs is 2. The molecule has 4 heterocycles. The van der Waals surface area contributed by atoms with Gasteiger partial charge in [0.15, 0.2) is 0 Å². The molecule has 0 bridgehead atoms. The molecule has 0 saturated heterocycles. The van der Waals surface area contributed by atoms with Crippen LogP contribution in [0.15, 0.2) is 219 Å². The predicted molar refractivity (Wildman–Crippen MR) is 416 cm³/mol. The van der Waals surface area contributed by atoms with Crippen molar-refractivity contribution in [1.29, 1.82) is 0 Å². The van der Waals surface area contributed by atoms with Crippen molar-refractivity contribution in [3.8, 4) is 46.0 Å². The molecular formula is C86H74N10O14. The molecule has 13 rings (SSSR count). The number of rotatable bonds is 30. The van der Waals surface area contributed by atoms with Crippen LogP contribution in [-0.4, -0.2) is 118 Å². The number of anilines is 2. The van der Waals surface area contributed by atoms with Crippen LogP contribution in [0.5, 0.6) is 46.0 Å². The molecule has 0 spiro atoms. The molecule has 9 aromatic carbocycles. The van der Waals surface area contributed by atoms with Crippen LogP contribution in [0.25, 0.3) is 43.1 Å². The zero-order chi connectivity index (χ0) is 77.6. The van der Waals surface area contributed by atoms with Crippen LogP contribution in [0.3, 0.4) is 0 Å². The molecule has 10 amide bonds. The maximum Gasteiger partial charge on any atom is 0.262 e. The first kappa shape index (κ1) is 74.1. The molecule has 6 N–H and O–H groups in total. The second kappa shape index (κ2) is 31.9. The van der Waals surface area contributed by atoms with E-state index in [-0.39, 0.29) is 161 Å². The SMILES string of the molecule is C=C(C)C(=O)NCCc1ccc(Oc2cc3c4c(cc(Oc5ccc(CCNC(=O)C(=C)C)cc5)c5c6c(Oc7ccc(CCNC(=O)C(=C)C)cc7)cc7c8c(cc(Oc9ccc(CCNC(=O)C(=C)C)cc9)c(c2c45)c86)C(=O)N(CC(=O)Nc2ccncc2)C7=O)C(=O)N(CC(=O)Nc2ccncc2)C3=O)cc1. The third kappa shape index (κ3) is 15.9. The standard InChI is InChI=1S/C86H74N10O14/c1-47(2)79(99)89-37-25-51-9-17-57(18-10-51)107-65-41-61-71-62(84(104)95(83(61)103)45-69(97)93-55-29-33-87-34-30-55)43-67(109-59-21-13-53(14-22-59)27-39-91-81(101)49(5)6)75-76-68(110-60-23-15-54(16-24-60)28-40-92-82(102)50(7)8)44-64-72-63(85(105)96(86(64)106)46-70(98)94-56-31-35-88-36-32-56)42-66(74(78(72)76)73(65)77(71)75)108-58-19-11-52(12-20-58)26-38-90-80(100)48(3)4/h9-24,29-36,41-44H,1,3,5,7,25-28,37-40,45-46H2,2,4,6,8H3,(H,89,99)(H,90,100)(H,91,101)(H,92,102)(H,87,93,97)(H,88,94,98). The van der Waals surface area contributed by atoms with E-state index >= 15 is 19.2 Å². The molecule has 0 radical (unpaired) electrons. The van der Waals surface area contributed by atoms with Crippen molar-refractivity contribution >= 4 is 114 Å². The minimum Gasteiger partial charge on any atom is -0.457 e. The van der Waals surface area contributed by atoms with E-state index in [2.05, 4.69) is 68.2 Å². The number of nitrogens with one attached hydrogen (secondary N) is 6. The molecule has 0 fully saturated rings. The smallest absolute Gasteiger partial charge is 0.262 e. The van der Waals surface area contributed by atoms with Gasteiger partial charge in [0.25, 0.3) is 23.6 Å². The summed E-state index contributed by atoms with van der Waals surface area (Å²) in [5, 5.41) is 18.1. The number of ether oxygens (including phenoxy) is 4. The van der Waals surface area contributed by atoms with Crippen molar-refractivity contribution in [3.05, 3.63) is 263 Å². The number of carbonyl (C=O) groups excluding carboxylic acids is 10. The van der Waals surface area contributed by atoms with E-state index in [0.717, 1.165) is 32.1 Å². The van der Waals surface area contributed by atoms with Crippen molar-refractivity contribution in [1.82, 2.24) is 41.0 Å². The molecule has 24 nitrogen and oxygen atoms in total. The summed E-state index contributed by atoms with van der Waals surface area (Å²) in [4.78, 5) is 152. The summed E-state index contributed by atoms with van der Waals surface area (Å²) in [6.07, 6.45) is 7.53. The summed E-state index contributed by atoms with van der Waals surface area (Å²) in [5.74, 6) is -5.45. The lowest BCUT2D eigenvalue weighted by atomic mass is 9.80. The topological polar surface area (TPSA) is 312 Å². The Bertz CT molecular complexity index is 5020. The van der Waals surface area contributed by atoms with Gasteiger partial charge < -0.3 is 50.8 Å². The molecule has 2 aliphatic rings. The summed E-state index contributed by atoms with van der Waals surface area (Å²) < 4.78 is 28.7. The number of pyridine rings is 2. The van der Waals surface area contributed by atoms with Crippen LogP contribution in [0, 0.1) is 0 Å². The van der Waals surface area contributed by atoms with Gasteiger partial charge in [-0.3, -0.25) is 67.7 Å². The Morgan fingerprint density at radius 1 is 0.327 bits per heavy atom. The van der Waals surface area contributed by atoms with E-state index < -0.39 is 48.5 Å². The molecule has 0 aliphatic carbocycles. The van der Waals surface area contributed by atoms with Gasteiger partial charge >= 0.3 is 0 Å². The van der Waals surface area contributed by atoms with Gasteiger partial charge in [-0.05, 0) is 173 Å². The molecule has 0 unspecified atom stereocenters. The van der Waals surface area contributed by atoms with E-state index in [9.17, 15) is 28.8 Å². The Hall–Kier alpha value is -14.2. The van der Waals surface area contributed by atoms with E-state index in [4.69, 9.17) is 18.9 Å². The summed E-state index contributed by atoms with van der Waals surface area (Å²) >= 11 is 0. The molecule has 552 valence electrons. The maximum atomic E-state index is 15.9. The predicted octanol–water partition coefficient (Wildman–Crippen LogP) is 13.1. The van der Waals surface area contributed by atoms with Crippen LogP contribution in [0.2, 0.25) is 0 Å². The van der Waals surface area contributed by atoms with Gasteiger partial charge in [-0.15, -0.1) is 0 Å². The van der Waals surface area contributed by atoms with E-state index in [1.807, 2.05) is 0 Å². The van der Waals surface area contributed by atoms with Gasteiger partial charge in [0.05, 0.1) is 22.3 Å². The highest BCUT2D eigenvalue weighted by Gasteiger charge is 2.42. The van der Waals surface area contributed by atoms with Crippen LogP contribution >= 0.6 is 0 Å². The van der Waals surface area contributed by atoms with Gasteiger partial charge in [0.2, 0.25) is 35.4 Å². The number of imide groups is 2. The third-order valence-corrected chi connectivity index (χ3v) is 18.6. The lowest BCUT2D eigenvalue weighted by Gasteiger charge is -2.32. The Balaban J connectivity index is 1.10. The van der Waals surface area contributed by atoms with E-state index in [1.165, 1.54) is 49.1 Å². The molecule has 110 heavy (non-hydrogen) atoms. The van der Waals surface area contributed by atoms with E-state index in [1.54, 1.807) is 149 Å². The normalized spacial score (nSPS) is 12.2. The number of nitrogens with zero attached hydrogens (tertiary/aromatic N) is 4. The quantitative estimate of drug-likeness (QED) is 0.0105. The first-order chi connectivity index (χ1) is 53.0. The van der Waals surface area contributed by atoms with Gasteiger partial charge in [-0.1, -0.05) is 74.8 Å². The van der Waals surface area contributed by atoms with E-state index in [0.29, 0.717) is 59.4 Å². The fourth-order valence-electron chi connectivity index (χ4n) is 13.1. The van der Waals surface area contributed by atoms with Crippen molar-refractivity contribution < 1.29 is 66.9 Å². The number of hydrogen-bond acceptors (Lipinski definition) is 16. The molecule has 24 heteroatoms. The van der Waals surface area contributed by atoms with Crippen molar-refractivity contribution in [3.63, 3.8) is 0 Å². The maximum absolute atomic E-state index is 15.9. The molecule has 2 aromatic heterocycles. The van der Waals surface area contributed by atoms with Crippen LogP contribution in [-0.2, 0) is 54.5 Å². The lowest BCUT2D eigenvalue weighted by molar-refractivity contribution is -0.118.